The summed E-state index contributed by atoms with van der Waals surface area (Å²) in [6, 6.07) is 14.5. The largest absolute Gasteiger partial charge is 0.383 e. The number of aryl methyl sites for hydroxylation is 1. The second-order valence-electron chi connectivity index (χ2n) is 5.38. The Bertz CT molecular complexity index is 669. The maximum atomic E-state index is 12.1. The summed E-state index contributed by atoms with van der Waals surface area (Å²) in [5, 5.41) is 14.1. The fourth-order valence-electron chi connectivity index (χ4n) is 2.78. The van der Waals surface area contributed by atoms with Crippen LogP contribution in [0.3, 0.4) is 0 Å². The predicted octanol–water partition coefficient (Wildman–Crippen LogP) is 2.90. The van der Waals surface area contributed by atoms with Crippen molar-refractivity contribution >= 4 is 17.5 Å². The number of hydrogen-bond donors (Lipinski definition) is 2. The Kier molecular flexibility index (Phi) is 3.70. The number of aliphatic hydroxyl groups is 1. The molecule has 0 saturated heterocycles. The van der Waals surface area contributed by atoms with Crippen LogP contribution in [-0.2, 0) is 12.0 Å². The van der Waals surface area contributed by atoms with E-state index in [1.807, 2.05) is 24.3 Å². The minimum absolute atomic E-state index is 0.204. The highest BCUT2D eigenvalue weighted by molar-refractivity contribution is 6.30. The Labute approximate surface area is 128 Å². The zero-order valence-electron chi connectivity index (χ0n) is 11.5. The van der Waals surface area contributed by atoms with Gasteiger partial charge in [-0.2, -0.15) is 0 Å². The molecule has 2 aromatic carbocycles. The van der Waals surface area contributed by atoms with Crippen LogP contribution in [0, 0.1) is 0 Å². The van der Waals surface area contributed by atoms with Gasteiger partial charge in [0.05, 0.1) is 6.54 Å². The van der Waals surface area contributed by atoms with Crippen molar-refractivity contribution in [3.63, 3.8) is 0 Å². The summed E-state index contributed by atoms with van der Waals surface area (Å²) in [5.74, 6) is -0.204. The van der Waals surface area contributed by atoms with Crippen molar-refractivity contribution in [2.75, 3.05) is 6.54 Å². The maximum absolute atomic E-state index is 12.1. The SMILES string of the molecule is O=C(NCC1(O)CCc2ccccc21)c1ccc(Cl)cc1. The number of rotatable bonds is 3. The molecule has 2 aromatic rings. The highest BCUT2D eigenvalue weighted by Crippen LogP contribution is 2.36. The van der Waals surface area contributed by atoms with Crippen molar-refractivity contribution < 1.29 is 9.90 Å². The molecular weight excluding hydrogens is 286 g/mol. The molecule has 1 unspecified atom stereocenters. The number of hydrogen-bond acceptors (Lipinski definition) is 2. The van der Waals surface area contributed by atoms with E-state index in [-0.39, 0.29) is 12.5 Å². The fraction of sp³-hybridized carbons (Fsp3) is 0.235. The molecule has 0 bridgehead atoms. The van der Waals surface area contributed by atoms with Crippen LogP contribution in [0.15, 0.2) is 48.5 Å². The lowest BCUT2D eigenvalue weighted by molar-refractivity contribution is 0.0369. The molecule has 3 nitrogen and oxygen atoms in total. The Morgan fingerprint density at radius 3 is 2.67 bits per heavy atom. The van der Waals surface area contributed by atoms with Crippen molar-refractivity contribution in [3.05, 3.63) is 70.2 Å². The van der Waals surface area contributed by atoms with Gasteiger partial charge in [-0.25, -0.2) is 0 Å². The van der Waals surface area contributed by atoms with E-state index in [0.717, 1.165) is 17.5 Å². The zero-order valence-corrected chi connectivity index (χ0v) is 12.2. The molecule has 0 radical (unpaired) electrons. The summed E-state index contributed by atoms with van der Waals surface area (Å²) in [7, 11) is 0. The first kappa shape index (κ1) is 14.1. The molecule has 1 aliphatic carbocycles. The summed E-state index contributed by atoms with van der Waals surface area (Å²) >= 11 is 5.80. The van der Waals surface area contributed by atoms with Gasteiger partial charge in [-0.1, -0.05) is 35.9 Å². The molecule has 0 spiro atoms. The topological polar surface area (TPSA) is 49.3 Å². The van der Waals surface area contributed by atoms with Crippen LogP contribution in [0.5, 0.6) is 0 Å². The molecular formula is C17H16ClNO2. The molecule has 0 saturated carbocycles. The molecule has 0 heterocycles. The van der Waals surface area contributed by atoms with Crippen LogP contribution in [0.2, 0.25) is 5.02 Å². The summed E-state index contributed by atoms with van der Waals surface area (Å²) in [6.07, 6.45) is 1.47. The molecule has 1 amide bonds. The first-order chi connectivity index (χ1) is 10.1. The first-order valence-electron chi connectivity index (χ1n) is 6.93. The lowest BCUT2D eigenvalue weighted by atomic mass is 9.96. The monoisotopic (exact) mass is 301 g/mol. The standard InChI is InChI=1S/C17H16ClNO2/c18-14-7-5-13(6-8-14)16(20)19-11-17(21)10-9-12-3-1-2-4-15(12)17/h1-8,21H,9-11H2,(H,19,20). The molecule has 21 heavy (non-hydrogen) atoms. The lowest BCUT2D eigenvalue weighted by Gasteiger charge is -2.24. The molecule has 1 aliphatic rings. The molecule has 1 atom stereocenters. The highest BCUT2D eigenvalue weighted by atomic mass is 35.5. The third-order valence-electron chi connectivity index (χ3n) is 3.97. The van der Waals surface area contributed by atoms with E-state index in [2.05, 4.69) is 5.32 Å². The normalized spacial score (nSPS) is 20.1. The van der Waals surface area contributed by atoms with Crippen LogP contribution >= 0.6 is 11.6 Å². The summed E-state index contributed by atoms with van der Waals surface area (Å²) in [6.45, 7) is 0.214. The van der Waals surface area contributed by atoms with Gasteiger partial charge in [-0.05, 0) is 48.2 Å². The summed E-state index contributed by atoms with van der Waals surface area (Å²) in [5.41, 5.74) is 1.63. The van der Waals surface area contributed by atoms with E-state index in [1.165, 1.54) is 0 Å². The van der Waals surface area contributed by atoms with Crippen LogP contribution < -0.4 is 5.32 Å². The second kappa shape index (κ2) is 5.51. The molecule has 3 rings (SSSR count). The number of halogens is 1. The number of carbonyl (C=O) groups excluding carboxylic acids is 1. The summed E-state index contributed by atoms with van der Waals surface area (Å²) in [4.78, 5) is 12.1. The third kappa shape index (κ3) is 2.80. The molecule has 4 heteroatoms. The van der Waals surface area contributed by atoms with Crippen LogP contribution in [-0.4, -0.2) is 17.6 Å². The molecule has 0 fully saturated rings. The Morgan fingerprint density at radius 1 is 1.19 bits per heavy atom. The highest BCUT2D eigenvalue weighted by Gasteiger charge is 2.36. The van der Waals surface area contributed by atoms with Crippen molar-refractivity contribution in [3.8, 4) is 0 Å². The fourth-order valence-corrected chi connectivity index (χ4v) is 2.91. The van der Waals surface area contributed by atoms with E-state index >= 15 is 0 Å². The van der Waals surface area contributed by atoms with Crippen LogP contribution in [0.4, 0.5) is 0 Å². The second-order valence-corrected chi connectivity index (χ2v) is 5.81. The molecule has 2 N–H and O–H groups in total. The summed E-state index contributed by atoms with van der Waals surface area (Å²) < 4.78 is 0. The van der Waals surface area contributed by atoms with Crippen LogP contribution in [0.1, 0.15) is 27.9 Å². The van der Waals surface area contributed by atoms with Gasteiger partial charge >= 0.3 is 0 Å². The minimum Gasteiger partial charge on any atom is -0.383 e. The maximum Gasteiger partial charge on any atom is 0.251 e. The van der Waals surface area contributed by atoms with Gasteiger partial charge in [0.1, 0.15) is 5.60 Å². The number of fused-ring (bicyclic) bond motifs is 1. The van der Waals surface area contributed by atoms with Gasteiger partial charge in [0.25, 0.3) is 5.91 Å². The Balaban J connectivity index is 1.71. The van der Waals surface area contributed by atoms with E-state index in [1.54, 1.807) is 24.3 Å². The minimum atomic E-state index is -0.974. The van der Waals surface area contributed by atoms with Crippen molar-refractivity contribution in [1.29, 1.82) is 0 Å². The van der Waals surface area contributed by atoms with Gasteiger partial charge in [-0.3, -0.25) is 4.79 Å². The molecule has 0 aromatic heterocycles. The van der Waals surface area contributed by atoms with E-state index in [4.69, 9.17) is 11.6 Å². The quantitative estimate of drug-likeness (QED) is 0.916. The molecule has 108 valence electrons. The van der Waals surface area contributed by atoms with Crippen LogP contribution in [0.25, 0.3) is 0 Å². The first-order valence-corrected chi connectivity index (χ1v) is 7.31. The smallest absolute Gasteiger partial charge is 0.251 e. The van der Waals surface area contributed by atoms with Gasteiger partial charge in [0.2, 0.25) is 0 Å². The average Bonchev–Trinajstić information content (AvgIpc) is 2.84. The average molecular weight is 302 g/mol. The Hall–Kier alpha value is -1.84. The van der Waals surface area contributed by atoms with Crippen molar-refractivity contribution in [2.24, 2.45) is 0 Å². The molecule has 0 aliphatic heterocycles. The van der Waals surface area contributed by atoms with Gasteiger partial charge in [0, 0.05) is 10.6 Å². The Morgan fingerprint density at radius 2 is 1.90 bits per heavy atom. The number of nitrogens with one attached hydrogen (secondary N) is 1. The van der Waals surface area contributed by atoms with Gasteiger partial charge in [-0.15, -0.1) is 0 Å². The third-order valence-corrected chi connectivity index (χ3v) is 4.23. The number of carbonyl (C=O) groups is 1. The number of benzene rings is 2. The van der Waals surface area contributed by atoms with E-state index < -0.39 is 5.60 Å². The van der Waals surface area contributed by atoms with Gasteiger partial charge in [0.15, 0.2) is 0 Å². The van der Waals surface area contributed by atoms with Crippen molar-refractivity contribution in [2.45, 2.75) is 18.4 Å². The lowest BCUT2D eigenvalue weighted by Crippen LogP contribution is -2.39. The number of amides is 1. The van der Waals surface area contributed by atoms with Gasteiger partial charge < -0.3 is 10.4 Å². The van der Waals surface area contributed by atoms with E-state index in [9.17, 15) is 9.90 Å². The zero-order chi connectivity index (χ0) is 14.9. The van der Waals surface area contributed by atoms with Crippen molar-refractivity contribution in [1.82, 2.24) is 5.32 Å². The predicted molar refractivity (Wildman–Crippen MR) is 82.4 cm³/mol. The van der Waals surface area contributed by atoms with E-state index in [0.29, 0.717) is 17.0 Å².